The highest BCUT2D eigenvalue weighted by Gasteiger charge is 2.38. The number of hydrogen-bond donors (Lipinski definition) is 2. The first-order valence-electron chi connectivity index (χ1n) is 14.1. The van der Waals surface area contributed by atoms with E-state index in [0.717, 1.165) is 38.5 Å². The van der Waals surface area contributed by atoms with Crippen molar-refractivity contribution in [3.05, 3.63) is 114 Å². The Morgan fingerprint density at radius 3 is 2.53 bits per heavy atom. The van der Waals surface area contributed by atoms with Crippen LogP contribution in [0.25, 0.3) is 11.1 Å². The zero-order chi connectivity index (χ0) is 30.2. The van der Waals surface area contributed by atoms with E-state index in [2.05, 4.69) is 41.1 Å². The monoisotopic (exact) mass is 600 g/mol. The van der Waals surface area contributed by atoms with Crippen LogP contribution in [0.2, 0.25) is 0 Å². The quantitative estimate of drug-likeness (QED) is 0.160. The topological polar surface area (TPSA) is 108 Å². The van der Waals surface area contributed by atoms with Crippen LogP contribution in [0.3, 0.4) is 0 Å². The predicted molar refractivity (Wildman–Crippen MR) is 165 cm³/mol. The molecule has 10 heteroatoms. The second-order valence-corrected chi connectivity index (χ2v) is 11.4. The van der Waals surface area contributed by atoms with Crippen LogP contribution in [0.4, 0.5) is 4.79 Å². The zero-order valence-electron chi connectivity index (χ0n) is 24.3. The second-order valence-electron chi connectivity index (χ2n) is 10.4. The van der Waals surface area contributed by atoms with Gasteiger partial charge in [-0.25, -0.2) is 4.79 Å². The van der Waals surface area contributed by atoms with Crippen LogP contribution in [0.1, 0.15) is 41.6 Å². The molecule has 1 saturated heterocycles. The Hall–Kier alpha value is -3.96. The van der Waals surface area contributed by atoms with Gasteiger partial charge >= 0.3 is 6.09 Å². The number of carbonyl (C=O) groups excluding carboxylic acids is 1. The third-order valence-corrected chi connectivity index (χ3v) is 8.51. The maximum absolute atomic E-state index is 11.8. The van der Waals surface area contributed by atoms with Crippen LogP contribution in [-0.4, -0.2) is 44.4 Å². The van der Waals surface area contributed by atoms with Gasteiger partial charge in [-0.1, -0.05) is 98.1 Å². The van der Waals surface area contributed by atoms with Crippen molar-refractivity contribution in [2.24, 2.45) is 13.0 Å². The highest BCUT2D eigenvalue weighted by atomic mass is 32.2. The number of aromatic nitrogens is 3. The first-order chi connectivity index (χ1) is 20.9. The fraction of sp³-hybridized carbons (Fsp3) is 0.303. The lowest BCUT2D eigenvalue weighted by atomic mass is 9.91. The van der Waals surface area contributed by atoms with Crippen molar-refractivity contribution in [3.8, 4) is 11.1 Å². The molecule has 1 fully saturated rings. The van der Waals surface area contributed by atoms with Crippen LogP contribution in [0.5, 0.6) is 0 Å². The number of nitrogens with one attached hydrogen (secondary N) is 1. The lowest BCUT2D eigenvalue weighted by Crippen LogP contribution is -2.38. The van der Waals surface area contributed by atoms with Gasteiger partial charge in [-0.05, 0) is 33.9 Å². The van der Waals surface area contributed by atoms with Crippen molar-refractivity contribution in [1.29, 1.82) is 0 Å². The molecular formula is C33H36N4O5S. The summed E-state index contributed by atoms with van der Waals surface area (Å²) < 4.78 is 20.1. The van der Waals surface area contributed by atoms with Crippen molar-refractivity contribution in [2.45, 2.75) is 43.7 Å². The van der Waals surface area contributed by atoms with Gasteiger partial charge in [0.2, 0.25) is 0 Å². The van der Waals surface area contributed by atoms with Crippen LogP contribution in [0, 0.1) is 5.92 Å². The Morgan fingerprint density at radius 2 is 1.84 bits per heavy atom. The van der Waals surface area contributed by atoms with Crippen molar-refractivity contribution in [1.82, 2.24) is 20.1 Å². The summed E-state index contributed by atoms with van der Waals surface area (Å²) in [5.74, 6) is 0.764. The number of hydrogen-bond acceptors (Lipinski definition) is 8. The minimum absolute atomic E-state index is 0.00188. The number of aliphatic hydroxyl groups is 1. The zero-order valence-corrected chi connectivity index (χ0v) is 25.1. The van der Waals surface area contributed by atoms with Gasteiger partial charge in [-0.2, -0.15) is 0 Å². The normalized spacial score (nSPS) is 20.0. The van der Waals surface area contributed by atoms with Gasteiger partial charge in [-0.3, -0.25) is 0 Å². The van der Waals surface area contributed by atoms with Crippen LogP contribution >= 0.6 is 11.8 Å². The number of benzene rings is 3. The first kappa shape index (κ1) is 30.5. The SMILES string of the molecule is C=CCOC(=O)NCc1cccc(-c2ccc([C@@H]3O[C@H](CSc4nncn4C)[C@H](C)[C@H](c4ccc(CO)cc4)O3)cc2)c1. The number of alkyl carbamates (subject to hydrolysis) is 1. The van der Waals surface area contributed by atoms with E-state index in [1.54, 1.807) is 18.1 Å². The van der Waals surface area contributed by atoms with Crippen LogP contribution in [0.15, 0.2) is 96.9 Å². The predicted octanol–water partition coefficient (Wildman–Crippen LogP) is 5.97. The maximum atomic E-state index is 11.8. The summed E-state index contributed by atoms with van der Waals surface area (Å²) in [5.41, 5.74) is 5.85. The van der Waals surface area contributed by atoms with E-state index in [1.165, 1.54) is 6.08 Å². The standard InChI is InChI=1S/C33H36N4O5S/c1-4-16-40-33(39)34-18-24-6-5-7-28(17-24)25-12-14-27(15-13-25)31-41-29(20-43-32-36-35-21-37(32)3)22(2)30(42-31)26-10-8-23(19-38)9-11-26/h4-15,17,21-22,29-31,38H,1,16,18-20H2,2-3H3,(H,34,39)/t22-,29+,30+,31+/m0/s1. The molecule has 1 aliphatic heterocycles. The van der Waals surface area contributed by atoms with Gasteiger partial charge in [0, 0.05) is 30.8 Å². The molecular weight excluding hydrogens is 564 g/mol. The van der Waals surface area contributed by atoms with E-state index in [0.29, 0.717) is 12.3 Å². The molecule has 224 valence electrons. The van der Waals surface area contributed by atoms with Gasteiger partial charge in [-0.15, -0.1) is 10.2 Å². The molecule has 5 rings (SSSR count). The van der Waals surface area contributed by atoms with E-state index in [1.807, 2.05) is 72.3 Å². The number of thioether (sulfide) groups is 1. The summed E-state index contributed by atoms with van der Waals surface area (Å²) in [6.07, 6.45) is 1.88. The molecule has 1 aliphatic rings. The summed E-state index contributed by atoms with van der Waals surface area (Å²) in [4.78, 5) is 11.8. The molecule has 0 spiro atoms. The average molecular weight is 601 g/mol. The van der Waals surface area contributed by atoms with Crippen LogP contribution in [-0.2, 0) is 34.4 Å². The molecule has 2 N–H and O–H groups in total. The Kier molecular flexibility index (Phi) is 10.3. The van der Waals surface area contributed by atoms with E-state index < -0.39 is 12.4 Å². The molecule has 0 unspecified atom stereocenters. The molecule has 4 atom stereocenters. The number of carbonyl (C=O) groups is 1. The maximum Gasteiger partial charge on any atom is 0.407 e. The first-order valence-corrected chi connectivity index (χ1v) is 15.1. The van der Waals surface area contributed by atoms with Gasteiger partial charge in [0.15, 0.2) is 11.4 Å². The largest absolute Gasteiger partial charge is 0.445 e. The second kappa shape index (κ2) is 14.5. The fourth-order valence-corrected chi connectivity index (χ4v) is 5.97. The van der Waals surface area contributed by atoms with E-state index >= 15 is 0 Å². The number of nitrogens with zero attached hydrogens (tertiary/aromatic N) is 3. The lowest BCUT2D eigenvalue weighted by molar-refractivity contribution is -0.268. The molecule has 43 heavy (non-hydrogen) atoms. The smallest absolute Gasteiger partial charge is 0.407 e. The van der Waals surface area contributed by atoms with Crippen molar-refractivity contribution in [3.63, 3.8) is 0 Å². The Balaban J connectivity index is 1.32. The molecule has 2 heterocycles. The van der Waals surface area contributed by atoms with Crippen molar-refractivity contribution in [2.75, 3.05) is 12.4 Å². The molecule has 4 aromatic rings. The third-order valence-electron chi connectivity index (χ3n) is 7.38. The average Bonchev–Trinajstić information content (AvgIpc) is 3.46. The number of aryl methyl sites for hydroxylation is 1. The summed E-state index contributed by atoms with van der Waals surface area (Å²) in [6, 6.07) is 24.1. The Morgan fingerprint density at radius 1 is 1.07 bits per heavy atom. The summed E-state index contributed by atoms with van der Waals surface area (Å²) in [5, 5.41) is 21.3. The highest BCUT2D eigenvalue weighted by molar-refractivity contribution is 7.99. The Labute approximate surface area is 255 Å². The Bertz CT molecular complexity index is 1510. The summed E-state index contributed by atoms with van der Waals surface area (Å²) in [7, 11) is 1.93. The van der Waals surface area contributed by atoms with E-state index in [-0.39, 0.29) is 31.3 Å². The molecule has 1 amide bonds. The van der Waals surface area contributed by atoms with Gasteiger partial charge in [0.05, 0.1) is 18.8 Å². The molecule has 0 bridgehead atoms. The van der Waals surface area contributed by atoms with Crippen LogP contribution < -0.4 is 5.32 Å². The number of rotatable bonds is 11. The number of aliphatic hydroxyl groups excluding tert-OH is 1. The molecule has 0 radical (unpaired) electrons. The van der Waals surface area contributed by atoms with Gasteiger partial charge in [0.25, 0.3) is 0 Å². The lowest BCUT2D eigenvalue weighted by Gasteiger charge is -2.41. The van der Waals surface area contributed by atoms with E-state index in [9.17, 15) is 9.90 Å². The molecule has 3 aromatic carbocycles. The van der Waals surface area contributed by atoms with Crippen molar-refractivity contribution >= 4 is 17.9 Å². The summed E-state index contributed by atoms with van der Waals surface area (Å²) in [6.45, 7) is 6.22. The fourth-order valence-electron chi connectivity index (χ4n) is 4.92. The van der Waals surface area contributed by atoms with Gasteiger partial charge in [0.1, 0.15) is 12.9 Å². The third kappa shape index (κ3) is 7.71. The highest BCUT2D eigenvalue weighted by Crippen LogP contribution is 2.43. The minimum atomic E-state index is -0.560. The molecule has 9 nitrogen and oxygen atoms in total. The van der Waals surface area contributed by atoms with Crippen molar-refractivity contribution < 1.29 is 24.1 Å². The van der Waals surface area contributed by atoms with E-state index in [4.69, 9.17) is 14.2 Å². The molecule has 0 aliphatic carbocycles. The molecule has 0 saturated carbocycles. The van der Waals surface area contributed by atoms with Gasteiger partial charge < -0.3 is 29.2 Å². The minimum Gasteiger partial charge on any atom is -0.445 e. The summed E-state index contributed by atoms with van der Waals surface area (Å²) >= 11 is 1.61. The number of ether oxygens (including phenoxy) is 3. The number of amides is 1. The molecule has 1 aromatic heterocycles.